The number of nitrogen functional groups attached to an aromatic ring is 1. The molecule has 0 atom stereocenters. The second kappa shape index (κ2) is 4.23. The number of hydrogen-bond donors (Lipinski definition) is 1. The molecule has 2 N–H and O–H groups in total. The van der Waals surface area contributed by atoms with Gasteiger partial charge in [0.05, 0.1) is 0 Å². The molecule has 0 unspecified atom stereocenters. The third kappa shape index (κ3) is 2.70. The van der Waals surface area contributed by atoms with Crippen molar-refractivity contribution in [2.45, 2.75) is 19.8 Å². The van der Waals surface area contributed by atoms with Gasteiger partial charge in [0.2, 0.25) is 0 Å². The largest absolute Gasteiger partial charge is 0.384 e. The molecule has 0 saturated carbocycles. The lowest BCUT2D eigenvalue weighted by Crippen LogP contribution is -2.01. The molecule has 1 aromatic heterocycles. The summed E-state index contributed by atoms with van der Waals surface area (Å²) in [5.74, 6) is 0.338. The van der Waals surface area contributed by atoms with Gasteiger partial charge in [-0.1, -0.05) is 18.5 Å². The van der Waals surface area contributed by atoms with Crippen LogP contribution < -0.4 is 5.73 Å². The number of anilines is 1. The molecule has 13 heavy (non-hydrogen) atoms. The number of carbonyl (C=O) groups is 1. The van der Waals surface area contributed by atoms with Gasteiger partial charge in [-0.05, 0) is 18.6 Å². The van der Waals surface area contributed by atoms with E-state index < -0.39 is 0 Å². The van der Waals surface area contributed by atoms with Crippen molar-refractivity contribution >= 4 is 23.2 Å². The van der Waals surface area contributed by atoms with Gasteiger partial charge in [0.1, 0.15) is 11.0 Å². The maximum absolute atomic E-state index is 11.4. The highest BCUT2D eigenvalue weighted by Crippen LogP contribution is 2.14. The first-order valence-corrected chi connectivity index (χ1v) is 4.47. The minimum atomic E-state index is 0.0542. The Balaban J connectivity index is 2.94. The number of aromatic nitrogens is 1. The molecule has 4 heteroatoms. The zero-order chi connectivity index (χ0) is 9.84. The number of hydrogen-bond acceptors (Lipinski definition) is 3. The molecule has 0 fully saturated rings. The topological polar surface area (TPSA) is 56.0 Å². The highest BCUT2D eigenvalue weighted by atomic mass is 35.5. The summed E-state index contributed by atoms with van der Waals surface area (Å²) in [4.78, 5) is 15.2. The molecule has 70 valence electrons. The van der Waals surface area contributed by atoms with Crippen molar-refractivity contribution in [2.24, 2.45) is 0 Å². The molecule has 1 heterocycles. The molecule has 0 aliphatic heterocycles. The van der Waals surface area contributed by atoms with Gasteiger partial charge in [-0.15, -0.1) is 0 Å². The van der Waals surface area contributed by atoms with E-state index in [-0.39, 0.29) is 16.8 Å². The minimum Gasteiger partial charge on any atom is -0.384 e. The fourth-order valence-electron chi connectivity index (χ4n) is 1.05. The number of rotatable bonds is 3. The molecule has 0 aliphatic carbocycles. The molecule has 0 spiro atoms. The Hall–Kier alpha value is -1.09. The molecule has 1 aromatic rings. The highest BCUT2D eigenvalue weighted by molar-refractivity contribution is 6.29. The lowest BCUT2D eigenvalue weighted by atomic mass is 10.1. The summed E-state index contributed by atoms with van der Waals surface area (Å²) in [6.07, 6.45) is 1.33. The molecule has 0 saturated heterocycles. The van der Waals surface area contributed by atoms with Crippen molar-refractivity contribution in [3.05, 3.63) is 22.8 Å². The molecule has 3 nitrogen and oxygen atoms in total. The van der Waals surface area contributed by atoms with E-state index in [0.29, 0.717) is 12.0 Å². The summed E-state index contributed by atoms with van der Waals surface area (Å²) in [7, 11) is 0. The van der Waals surface area contributed by atoms with Gasteiger partial charge in [-0.25, -0.2) is 4.98 Å². The average molecular weight is 199 g/mol. The summed E-state index contributed by atoms with van der Waals surface area (Å²) in [5.41, 5.74) is 5.99. The third-order valence-corrected chi connectivity index (χ3v) is 1.81. The third-order valence-electron chi connectivity index (χ3n) is 1.61. The monoisotopic (exact) mass is 198 g/mol. The maximum Gasteiger partial charge on any atom is 0.163 e. The van der Waals surface area contributed by atoms with Crippen LogP contribution in [0.4, 0.5) is 5.82 Å². The Morgan fingerprint density at radius 2 is 2.31 bits per heavy atom. The number of nitrogens with zero attached hydrogens (tertiary/aromatic N) is 1. The van der Waals surface area contributed by atoms with E-state index in [2.05, 4.69) is 4.98 Å². The van der Waals surface area contributed by atoms with E-state index in [1.165, 1.54) is 6.07 Å². The van der Waals surface area contributed by atoms with Gasteiger partial charge >= 0.3 is 0 Å². The van der Waals surface area contributed by atoms with E-state index in [1.807, 2.05) is 6.92 Å². The number of ketones is 1. The Morgan fingerprint density at radius 3 is 2.85 bits per heavy atom. The first kappa shape index (κ1) is 9.99. The predicted molar refractivity (Wildman–Crippen MR) is 52.9 cm³/mol. The number of halogens is 1. The van der Waals surface area contributed by atoms with E-state index in [9.17, 15) is 4.79 Å². The molecule has 0 aromatic carbocycles. The molecule has 1 rings (SSSR count). The van der Waals surface area contributed by atoms with E-state index >= 15 is 0 Å². The smallest absolute Gasteiger partial charge is 0.163 e. The fraction of sp³-hybridized carbons (Fsp3) is 0.333. The molecule has 0 radical (unpaired) electrons. The van der Waals surface area contributed by atoms with Crippen molar-refractivity contribution in [2.75, 3.05) is 5.73 Å². The van der Waals surface area contributed by atoms with Gasteiger partial charge in [0, 0.05) is 12.0 Å². The first-order chi connectivity index (χ1) is 6.13. The van der Waals surface area contributed by atoms with E-state index in [4.69, 9.17) is 17.3 Å². The molecule has 0 bridgehead atoms. The molecular formula is C9H11ClN2O. The van der Waals surface area contributed by atoms with Crippen LogP contribution in [0.1, 0.15) is 30.1 Å². The average Bonchev–Trinajstić information content (AvgIpc) is 2.03. The SMILES string of the molecule is CCCC(=O)c1cc(N)nc(Cl)c1. The number of pyridine rings is 1. The van der Waals surface area contributed by atoms with Crippen LogP contribution in [0.3, 0.4) is 0 Å². The van der Waals surface area contributed by atoms with Crippen molar-refractivity contribution in [3.63, 3.8) is 0 Å². The standard InChI is InChI=1S/C9H11ClN2O/c1-2-3-7(13)6-4-8(10)12-9(11)5-6/h4-5H,2-3H2,1H3,(H2,11,12). The Kier molecular flexibility index (Phi) is 3.25. The van der Waals surface area contributed by atoms with Crippen molar-refractivity contribution < 1.29 is 4.79 Å². The number of carbonyl (C=O) groups excluding carboxylic acids is 1. The second-order valence-corrected chi connectivity index (χ2v) is 3.16. The van der Waals surface area contributed by atoms with Gasteiger partial charge in [-0.3, -0.25) is 4.79 Å². The van der Waals surface area contributed by atoms with Gasteiger partial charge in [0.25, 0.3) is 0 Å². The Bertz CT molecular complexity index is 305. The van der Waals surface area contributed by atoms with Crippen LogP contribution in [0.5, 0.6) is 0 Å². The van der Waals surface area contributed by atoms with Crippen LogP contribution in [0, 0.1) is 0 Å². The summed E-state index contributed by atoms with van der Waals surface area (Å²) < 4.78 is 0. The van der Waals surface area contributed by atoms with Crippen LogP contribution in [-0.2, 0) is 0 Å². The Labute approximate surface area is 81.9 Å². The summed E-state index contributed by atoms with van der Waals surface area (Å²) >= 11 is 5.65. The van der Waals surface area contributed by atoms with Crippen molar-refractivity contribution in [3.8, 4) is 0 Å². The van der Waals surface area contributed by atoms with Crippen LogP contribution >= 0.6 is 11.6 Å². The van der Waals surface area contributed by atoms with E-state index in [1.54, 1.807) is 6.07 Å². The highest BCUT2D eigenvalue weighted by Gasteiger charge is 2.06. The number of nitrogens with two attached hydrogens (primary N) is 1. The van der Waals surface area contributed by atoms with Gasteiger partial charge in [-0.2, -0.15) is 0 Å². The van der Waals surface area contributed by atoms with Crippen LogP contribution in [-0.4, -0.2) is 10.8 Å². The van der Waals surface area contributed by atoms with E-state index in [0.717, 1.165) is 6.42 Å². The van der Waals surface area contributed by atoms with Crippen LogP contribution in [0.25, 0.3) is 0 Å². The molecule has 0 amide bonds. The lowest BCUT2D eigenvalue weighted by Gasteiger charge is -2.00. The van der Waals surface area contributed by atoms with Crippen LogP contribution in [0.2, 0.25) is 5.15 Å². The Morgan fingerprint density at radius 1 is 1.62 bits per heavy atom. The molecule has 0 aliphatic rings. The maximum atomic E-state index is 11.4. The van der Waals surface area contributed by atoms with Crippen molar-refractivity contribution in [1.29, 1.82) is 0 Å². The van der Waals surface area contributed by atoms with Crippen molar-refractivity contribution in [1.82, 2.24) is 4.98 Å². The number of Topliss-reactive ketones (excluding diaryl/α,β-unsaturated/α-hetero) is 1. The zero-order valence-electron chi connectivity index (χ0n) is 7.38. The lowest BCUT2D eigenvalue weighted by molar-refractivity contribution is 0.0981. The summed E-state index contributed by atoms with van der Waals surface area (Å²) in [6, 6.07) is 3.08. The van der Waals surface area contributed by atoms with Gasteiger partial charge in [0.15, 0.2) is 5.78 Å². The minimum absolute atomic E-state index is 0.0542. The summed E-state index contributed by atoms with van der Waals surface area (Å²) in [5, 5.41) is 0.263. The van der Waals surface area contributed by atoms with Crippen LogP contribution in [0.15, 0.2) is 12.1 Å². The predicted octanol–water partition coefficient (Wildman–Crippen LogP) is 2.30. The van der Waals surface area contributed by atoms with Gasteiger partial charge < -0.3 is 5.73 Å². The fourth-order valence-corrected chi connectivity index (χ4v) is 1.26. The second-order valence-electron chi connectivity index (χ2n) is 2.78. The summed E-state index contributed by atoms with van der Waals surface area (Å²) in [6.45, 7) is 1.95. The normalized spacial score (nSPS) is 10.0. The first-order valence-electron chi connectivity index (χ1n) is 4.09. The quantitative estimate of drug-likeness (QED) is 0.599. The zero-order valence-corrected chi connectivity index (χ0v) is 8.14. The molecular weight excluding hydrogens is 188 g/mol.